The van der Waals surface area contributed by atoms with Crippen LogP contribution in [0.3, 0.4) is 0 Å². The maximum absolute atomic E-state index is 14.8. The van der Waals surface area contributed by atoms with Crippen LogP contribution in [0, 0.1) is 5.92 Å². The Bertz CT molecular complexity index is 1620. The Morgan fingerprint density at radius 3 is 2.55 bits per heavy atom. The average Bonchev–Trinajstić information content (AvgIpc) is 3.05. The molecule has 11 heteroatoms. The molecule has 2 atom stereocenters. The van der Waals surface area contributed by atoms with Crippen molar-refractivity contribution in [2.24, 2.45) is 5.92 Å². The van der Waals surface area contributed by atoms with E-state index in [2.05, 4.69) is 21.2 Å². The highest BCUT2D eigenvalue weighted by Gasteiger charge is 2.53. The second-order valence-corrected chi connectivity index (χ2v) is 14.0. The van der Waals surface area contributed by atoms with Crippen LogP contribution >= 0.6 is 15.9 Å². The van der Waals surface area contributed by atoms with E-state index in [0.717, 1.165) is 20.8 Å². The van der Waals surface area contributed by atoms with Gasteiger partial charge in [-0.25, -0.2) is 12.7 Å². The molecule has 224 valence electrons. The van der Waals surface area contributed by atoms with E-state index in [0.29, 0.717) is 23.6 Å². The molecule has 3 aromatic rings. The normalized spacial score (nSPS) is 19.6. The van der Waals surface area contributed by atoms with Crippen molar-refractivity contribution in [3.63, 3.8) is 0 Å². The van der Waals surface area contributed by atoms with Crippen molar-refractivity contribution in [3.05, 3.63) is 64.6 Å². The lowest BCUT2D eigenvalue weighted by molar-refractivity contribution is -0.136. The lowest BCUT2D eigenvalue weighted by Crippen LogP contribution is -2.65. The molecule has 0 bridgehead atoms. The molecule has 0 radical (unpaired) electrons. The fourth-order valence-electron chi connectivity index (χ4n) is 5.81. The molecule has 9 nitrogen and oxygen atoms in total. The zero-order valence-electron chi connectivity index (χ0n) is 24.2. The van der Waals surface area contributed by atoms with Crippen molar-refractivity contribution in [2.45, 2.75) is 51.3 Å². The SMILES string of the molecule is CC[C@@H](C)C(=O)N[C@H]1C(=O)N(Cc2c(OC)ccc3cc(Br)ccc23)c2ccccc2OC12CCN(S(C)(=O)=O)CC2. The van der Waals surface area contributed by atoms with Crippen LogP contribution in [0.5, 0.6) is 11.5 Å². The molecule has 1 fully saturated rings. The van der Waals surface area contributed by atoms with Crippen LogP contribution < -0.4 is 19.7 Å². The molecule has 2 heterocycles. The molecule has 3 aromatic carbocycles. The van der Waals surface area contributed by atoms with Crippen molar-refractivity contribution in [2.75, 3.05) is 31.4 Å². The summed E-state index contributed by atoms with van der Waals surface area (Å²) in [7, 11) is -1.83. The third-order valence-corrected chi connectivity index (χ3v) is 10.3. The second kappa shape index (κ2) is 11.9. The van der Waals surface area contributed by atoms with E-state index >= 15 is 0 Å². The van der Waals surface area contributed by atoms with Gasteiger partial charge in [-0.1, -0.05) is 54.0 Å². The molecule has 2 amide bonds. The van der Waals surface area contributed by atoms with Crippen LogP contribution in [0.1, 0.15) is 38.7 Å². The number of piperidine rings is 1. The quantitative estimate of drug-likeness (QED) is 0.389. The number of halogens is 1. The number of fused-ring (bicyclic) bond motifs is 2. The number of sulfonamides is 1. The first-order chi connectivity index (χ1) is 20.0. The van der Waals surface area contributed by atoms with Crippen LogP contribution in [-0.2, 0) is 26.2 Å². The number of amides is 2. The van der Waals surface area contributed by atoms with E-state index in [9.17, 15) is 18.0 Å². The Labute approximate surface area is 255 Å². The molecule has 0 aliphatic carbocycles. The number of hydrogen-bond donors (Lipinski definition) is 1. The molecule has 1 saturated heterocycles. The molecule has 0 aromatic heterocycles. The summed E-state index contributed by atoms with van der Waals surface area (Å²) in [6.45, 7) is 4.26. The molecule has 1 N–H and O–H groups in total. The fourth-order valence-corrected chi connectivity index (χ4v) is 7.04. The van der Waals surface area contributed by atoms with E-state index in [1.807, 2.05) is 68.4 Å². The Morgan fingerprint density at radius 2 is 1.88 bits per heavy atom. The number of rotatable bonds is 7. The van der Waals surface area contributed by atoms with Crippen LogP contribution in [0.2, 0.25) is 0 Å². The molecule has 0 unspecified atom stereocenters. The monoisotopic (exact) mass is 657 g/mol. The molecule has 1 spiro atoms. The van der Waals surface area contributed by atoms with Gasteiger partial charge in [0.2, 0.25) is 15.9 Å². The number of carbonyl (C=O) groups is 2. The predicted molar refractivity (Wildman–Crippen MR) is 166 cm³/mol. The highest BCUT2D eigenvalue weighted by molar-refractivity contribution is 9.10. The lowest BCUT2D eigenvalue weighted by Gasteiger charge is -2.44. The minimum absolute atomic E-state index is 0.169. The van der Waals surface area contributed by atoms with Gasteiger partial charge >= 0.3 is 0 Å². The standard InChI is InChI=1S/C31H36BrN3O6S/c1-5-20(2)29(36)33-28-30(37)35(19-24-23-12-11-22(32)18-21(23)10-13-26(24)40-3)25-8-6-7-9-27(25)41-31(28)14-16-34(17-15-31)42(4,38)39/h6-13,18,20,28H,5,14-17,19H2,1-4H3,(H,33,36)/t20-,28+/m1/s1. The second-order valence-electron chi connectivity index (χ2n) is 11.1. The molecule has 2 aliphatic heterocycles. The minimum Gasteiger partial charge on any atom is -0.496 e. The number of benzene rings is 3. The van der Waals surface area contributed by atoms with Crippen LogP contribution in [0.4, 0.5) is 5.69 Å². The van der Waals surface area contributed by atoms with Crippen molar-refractivity contribution >= 4 is 54.2 Å². The summed E-state index contributed by atoms with van der Waals surface area (Å²) in [5, 5.41) is 4.96. The fraction of sp³-hybridized carbons (Fsp3) is 0.419. The Hall–Kier alpha value is -3.15. The van der Waals surface area contributed by atoms with Gasteiger partial charge < -0.3 is 19.7 Å². The number of nitrogens with zero attached hydrogens (tertiary/aromatic N) is 2. The molecule has 5 rings (SSSR count). The van der Waals surface area contributed by atoms with Gasteiger partial charge in [-0.05, 0) is 47.5 Å². The summed E-state index contributed by atoms with van der Waals surface area (Å²) in [6.07, 6.45) is 2.27. The zero-order valence-corrected chi connectivity index (χ0v) is 26.6. The van der Waals surface area contributed by atoms with Crippen molar-refractivity contribution in [1.29, 1.82) is 0 Å². The number of methoxy groups -OCH3 is 1. The largest absolute Gasteiger partial charge is 0.496 e. The number of para-hydroxylation sites is 2. The summed E-state index contributed by atoms with van der Waals surface area (Å²) in [6, 6.07) is 16.1. The highest BCUT2D eigenvalue weighted by atomic mass is 79.9. The minimum atomic E-state index is -3.43. The highest BCUT2D eigenvalue weighted by Crippen LogP contribution is 2.43. The Morgan fingerprint density at radius 1 is 1.17 bits per heavy atom. The van der Waals surface area contributed by atoms with E-state index in [-0.39, 0.29) is 50.2 Å². The maximum atomic E-state index is 14.8. The first-order valence-corrected chi connectivity index (χ1v) is 16.7. The van der Waals surface area contributed by atoms with E-state index in [1.165, 1.54) is 10.6 Å². The molecule has 2 aliphatic rings. The van der Waals surface area contributed by atoms with Crippen LogP contribution in [-0.4, -0.2) is 62.6 Å². The predicted octanol–water partition coefficient (Wildman–Crippen LogP) is 4.86. The Balaban J connectivity index is 1.63. The third-order valence-electron chi connectivity index (χ3n) is 8.48. The average molecular weight is 659 g/mol. The first kappa shape index (κ1) is 30.3. The van der Waals surface area contributed by atoms with E-state index in [4.69, 9.17) is 9.47 Å². The van der Waals surface area contributed by atoms with Gasteiger partial charge in [0, 0.05) is 41.9 Å². The summed E-state index contributed by atoms with van der Waals surface area (Å²) in [4.78, 5) is 29.7. The topological polar surface area (TPSA) is 105 Å². The summed E-state index contributed by atoms with van der Waals surface area (Å²) < 4.78 is 39.5. The lowest BCUT2D eigenvalue weighted by atomic mass is 9.83. The summed E-state index contributed by atoms with van der Waals surface area (Å²) >= 11 is 3.54. The molecule has 0 saturated carbocycles. The van der Waals surface area contributed by atoms with Crippen molar-refractivity contribution in [3.8, 4) is 11.5 Å². The number of nitrogens with one attached hydrogen (secondary N) is 1. The van der Waals surface area contributed by atoms with Gasteiger partial charge in [0.15, 0.2) is 0 Å². The first-order valence-electron chi connectivity index (χ1n) is 14.1. The zero-order chi connectivity index (χ0) is 30.2. The van der Waals surface area contributed by atoms with Gasteiger partial charge in [0.25, 0.3) is 5.91 Å². The smallest absolute Gasteiger partial charge is 0.254 e. The van der Waals surface area contributed by atoms with Crippen molar-refractivity contribution < 1.29 is 27.5 Å². The summed E-state index contributed by atoms with van der Waals surface area (Å²) in [5.74, 6) is 0.252. The van der Waals surface area contributed by atoms with Crippen LogP contribution in [0.25, 0.3) is 10.8 Å². The Kier molecular flexibility index (Phi) is 8.55. The van der Waals surface area contributed by atoms with E-state index < -0.39 is 21.7 Å². The van der Waals surface area contributed by atoms with Gasteiger partial charge in [-0.2, -0.15) is 0 Å². The number of hydrogen-bond acceptors (Lipinski definition) is 6. The number of ether oxygens (including phenoxy) is 2. The number of carbonyl (C=O) groups excluding carboxylic acids is 2. The number of anilines is 1. The molecular formula is C31H36BrN3O6S. The third kappa shape index (κ3) is 5.74. The maximum Gasteiger partial charge on any atom is 0.254 e. The van der Waals surface area contributed by atoms with Gasteiger partial charge in [0.05, 0.1) is 25.6 Å². The molecule has 42 heavy (non-hydrogen) atoms. The molecular weight excluding hydrogens is 622 g/mol. The van der Waals surface area contributed by atoms with Gasteiger partial charge in [-0.15, -0.1) is 0 Å². The van der Waals surface area contributed by atoms with Gasteiger partial charge in [-0.3, -0.25) is 9.59 Å². The van der Waals surface area contributed by atoms with Gasteiger partial charge in [0.1, 0.15) is 23.1 Å². The summed E-state index contributed by atoms with van der Waals surface area (Å²) in [5.41, 5.74) is 0.254. The van der Waals surface area contributed by atoms with Crippen molar-refractivity contribution in [1.82, 2.24) is 9.62 Å². The van der Waals surface area contributed by atoms with Crippen LogP contribution in [0.15, 0.2) is 59.1 Å². The van der Waals surface area contributed by atoms with E-state index in [1.54, 1.807) is 12.0 Å².